The monoisotopic (exact) mass is 516 g/mol. The number of hydrogen-bond donors (Lipinski definition) is 0. The van der Waals surface area contributed by atoms with Crippen LogP contribution in [-0.4, -0.2) is 35.5 Å². The molecule has 36 heavy (non-hydrogen) atoms. The first-order valence-electron chi connectivity index (χ1n) is 10.8. The van der Waals surface area contributed by atoms with E-state index >= 15 is 0 Å². The van der Waals surface area contributed by atoms with Gasteiger partial charge in [0, 0.05) is 23.4 Å². The van der Waals surface area contributed by atoms with Crippen LogP contribution in [0.25, 0.3) is 10.4 Å². The summed E-state index contributed by atoms with van der Waals surface area (Å²) in [7, 11) is 0. The topological polar surface area (TPSA) is 78.3 Å². The maximum atomic E-state index is 13.5. The van der Waals surface area contributed by atoms with Crippen LogP contribution >= 0.6 is 0 Å². The fraction of sp³-hybridized carbons (Fsp3) is 0.435. The van der Waals surface area contributed by atoms with Crippen LogP contribution in [0.1, 0.15) is 47.6 Å². The van der Waals surface area contributed by atoms with Crippen LogP contribution in [0.3, 0.4) is 0 Å². The van der Waals surface area contributed by atoms with Gasteiger partial charge < -0.3 is 9.64 Å². The highest BCUT2D eigenvalue weighted by Crippen LogP contribution is 2.45. The van der Waals surface area contributed by atoms with Crippen molar-refractivity contribution in [3.05, 3.63) is 81.0 Å². The highest BCUT2D eigenvalue weighted by Gasteiger charge is 2.52. The van der Waals surface area contributed by atoms with Crippen LogP contribution in [-0.2, 0) is 21.9 Å². The summed E-state index contributed by atoms with van der Waals surface area (Å²) < 4.78 is 99.3. The molecule has 1 amide bonds. The number of carbonyl (C=O) groups excluding carboxylic acids is 1. The molecule has 0 bridgehead atoms. The van der Waals surface area contributed by atoms with Gasteiger partial charge in [0.05, 0.1) is 23.3 Å². The Balaban J connectivity index is 1.68. The Morgan fingerprint density at radius 2 is 1.64 bits per heavy atom. The van der Waals surface area contributed by atoms with Gasteiger partial charge in [-0.3, -0.25) is 4.79 Å². The molecule has 4 rings (SSSR count). The summed E-state index contributed by atoms with van der Waals surface area (Å²) in [6.45, 7) is 1.30. The quantitative estimate of drug-likeness (QED) is 0.200. The van der Waals surface area contributed by atoms with Crippen molar-refractivity contribution < 1.29 is 40.3 Å². The number of nitrogens with zero attached hydrogens (tertiary/aromatic N) is 4. The number of rotatable bonds is 5. The lowest BCUT2D eigenvalue weighted by atomic mass is 9.87. The smallest absolute Gasteiger partial charge is 0.368 e. The third-order valence-electron chi connectivity index (χ3n) is 6.53. The standard InChI is InChI=1S/C23H19F7N4O2/c1-11(13-6-14(22(25,26)27)8-15(7-13)23(28,29)30)36-19-10-34-18(9-17(21(34)35)32-33-31)20(19)12-2-4-16(24)5-3-12/h2-8,11,17-20H,9-10H2,1H3/t11-,17?,18+,19+,20+/m1/s1. The molecule has 192 valence electrons. The Labute approximate surface area is 200 Å². The second-order valence-electron chi connectivity index (χ2n) is 8.75. The molecule has 1 unspecified atom stereocenters. The predicted octanol–water partition coefficient (Wildman–Crippen LogP) is 6.39. The van der Waals surface area contributed by atoms with Gasteiger partial charge in [-0.1, -0.05) is 17.2 Å². The molecule has 2 aromatic rings. The number of amides is 1. The van der Waals surface area contributed by atoms with Crippen LogP contribution in [0.2, 0.25) is 0 Å². The number of halogens is 7. The molecule has 0 aromatic heterocycles. The minimum atomic E-state index is -5.01. The van der Waals surface area contributed by atoms with Gasteiger partial charge in [0.2, 0.25) is 5.91 Å². The Morgan fingerprint density at radius 1 is 1.06 bits per heavy atom. The first kappa shape index (κ1) is 25.8. The van der Waals surface area contributed by atoms with E-state index in [1.807, 2.05) is 0 Å². The van der Waals surface area contributed by atoms with E-state index in [0.29, 0.717) is 17.7 Å². The molecule has 13 heteroatoms. The molecule has 0 radical (unpaired) electrons. The maximum absolute atomic E-state index is 13.5. The zero-order valence-corrected chi connectivity index (χ0v) is 18.6. The van der Waals surface area contributed by atoms with Crippen LogP contribution < -0.4 is 0 Å². The number of benzene rings is 2. The van der Waals surface area contributed by atoms with Gasteiger partial charge in [-0.05, 0) is 60.3 Å². The molecule has 0 aliphatic carbocycles. The van der Waals surface area contributed by atoms with Crippen molar-refractivity contribution in [1.82, 2.24) is 4.90 Å². The molecule has 2 aliphatic heterocycles. The normalized spacial score (nSPS) is 25.0. The van der Waals surface area contributed by atoms with E-state index in [4.69, 9.17) is 10.3 Å². The number of azide groups is 1. The van der Waals surface area contributed by atoms with Gasteiger partial charge in [-0.15, -0.1) is 0 Å². The summed E-state index contributed by atoms with van der Waals surface area (Å²) in [6, 6.07) is 5.13. The van der Waals surface area contributed by atoms with Crippen LogP contribution in [0, 0.1) is 5.82 Å². The summed E-state index contributed by atoms with van der Waals surface area (Å²) in [5.74, 6) is -1.55. The number of carbonyl (C=O) groups is 1. The van der Waals surface area contributed by atoms with Crippen molar-refractivity contribution in [1.29, 1.82) is 0 Å². The highest BCUT2D eigenvalue weighted by molar-refractivity contribution is 5.85. The van der Waals surface area contributed by atoms with E-state index < -0.39 is 65.4 Å². The molecular formula is C23H19F7N4O2. The zero-order chi connectivity index (χ0) is 26.4. The lowest BCUT2D eigenvalue weighted by Crippen LogP contribution is -2.32. The van der Waals surface area contributed by atoms with Crippen molar-refractivity contribution >= 4 is 5.91 Å². The second-order valence-corrected chi connectivity index (χ2v) is 8.75. The Bertz CT molecular complexity index is 1160. The van der Waals surface area contributed by atoms with E-state index in [1.54, 1.807) is 0 Å². The van der Waals surface area contributed by atoms with Gasteiger partial charge in [-0.25, -0.2) is 4.39 Å². The molecule has 2 heterocycles. The summed E-state index contributed by atoms with van der Waals surface area (Å²) in [5.41, 5.74) is 6.05. The van der Waals surface area contributed by atoms with Crippen molar-refractivity contribution in [2.45, 2.75) is 55.9 Å². The SMILES string of the molecule is C[C@@H](O[C@H]1CN2C(=O)C(N=[N+]=[N-])C[C@H]2[C@@H]1c1ccc(F)cc1)c1cc(C(F)(F)F)cc(C(F)(F)F)c1. The van der Waals surface area contributed by atoms with Gasteiger partial charge in [-0.2, -0.15) is 26.3 Å². The average molecular weight is 516 g/mol. The van der Waals surface area contributed by atoms with Crippen LogP contribution in [0.5, 0.6) is 0 Å². The van der Waals surface area contributed by atoms with E-state index in [-0.39, 0.29) is 24.6 Å². The van der Waals surface area contributed by atoms with Crippen LogP contribution in [0.4, 0.5) is 30.7 Å². The fourth-order valence-corrected chi connectivity index (χ4v) is 4.90. The zero-order valence-electron chi connectivity index (χ0n) is 18.6. The molecule has 0 saturated carbocycles. The number of fused-ring (bicyclic) bond motifs is 1. The Morgan fingerprint density at radius 3 is 2.17 bits per heavy atom. The average Bonchev–Trinajstić information content (AvgIpc) is 3.29. The molecule has 2 fully saturated rings. The fourth-order valence-electron chi connectivity index (χ4n) is 4.90. The third-order valence-corrected chi connectivity index (χ3v) is 6.53. The first-order chi connectivity index (χ1) is 16.8. The summed E-state index contributed by atoms with van der Waals surface area (Å²) in [6.07, 6.45) is -11.9. The summed E-state index contributed by atoms with van der Waals surface area (Å²) in [4.78, 5) is 16.8. The number of ether oxygens (including phenoxy) is 1. The maximum Gasteiger partial charge on any atom is 0.416 e. The molecule has 0 spiro atoms. The minimum Gasteiger partial charge on any atom is -0.368 e. The van der Waals surface area contributed by atoms with Gasteiger partial charge >= 0.3 is 12.4 Å². The van der Waals surface area contributed by atoms with Gasteiger partial charge in [0.25, 0.3) is 0 Å². The molecule has 5 atom stereocenters. The van der Waals surface area contributed by atoms with Gasteiger partial charge in [0.1, 0.15) is 11.9 Å². The number of hydrogen-bond acceptors (Lipinski definition) is 3. The summed E-state index contributed by atoms with van der Waals surface area (Å²) >= 11 is 0. The lowest BCUT2D eigenvalue weighted by Gasteiger charge is -2.27. The first-order valence-corrected chi connectivity index (χ1v) is 10.8. The van der Waals surface area contributed by atoms with Crippen LogP contribution in [0.15, 0.2) is 47.6 Å². The third kappa shape index (κ3) is 4.98. The molecule has 0 N–H and O–H groups in total. The molecule has 2 saturated heterocycles. The van der Waals surface area contributed by atoms with E-state index in [2.05, 4.69) is 10.0 Å². The van der Waals surface area contributed by atoms with Crippen molar-refractivity contribution in [3.63, 3.8) is 0 Å². The summed E-state index contributed by atoms with van der Waals surface area (Å²) in [5, 5.41) is 3.50. The van der Waals surface area contributed by atoms with E-state index in [9.17, 15) is 35.5 Å². The highest BCUT2D eigenvalue weighted by atomic mass is 19.4. The van der Waals surface area contributed by atoms with Crippen molar-refractivity contribution in [2.75, 3.05) is 6.54 Å². The largest absolute Gasteiger partial charge is 0.416 e. The molecule has 2 aliphatic rings. The predicted molar refractivity (Wildman–Crippen MR) is 112 cm³/mol. The minimum absolute atomic E-state index is 0.0293. The molecular weight excluding hydrogens is 497 g/mol. The second kappa shape index (κ2) is 9.29. The van der Waals surface area contributed by atoms with Crippen molar-refractivity contribution in [3.8, 4) is 0 Å². The van der Waals surface area contributed by atoms with E-state index in [1.165, 1.54) is 36.1 Å². The Kier molecular flexibility index (Phi) is 6.65. The van der Waals surface area contributed by atoms with Crippen molar-refractivity contribution in [2.24, 2.45) is 5.11 Å². The molecule has 2 aromatic carbocycles. The lowest BCUT2D eigenvalue weighted by molar-refractivity contribution is -0.143. The molecule has 6 nitrogen and oxygen atoms in total. The Hall–Kier alpha value is -3.31. The number of alkyl halides is 6. The van der Waals surface area contributed by atoms with E-state index in [0.717, 1.165) is 0 Å². The van der Waals surface area contributed by atoms with Gasteiger partial charge in [0.15, 0.2) is 0 Å².